The molecule has 0 aromatic heterocycles. The Labute approximate surface area is 133 Å². The van der Waals surface area contributed by atoms with Crippen LogP contribution in [0.15, 0.2) is 40.9 Å². The first kappa shape index (κ1) is 14.5. The van der Waals surface area contributed by atoms with Gasteiger partial charge in [-0.3, -0.25) is 4.79 Å². The summed E-state index contributed by atoms with van der Waals surface area (Å²) in [4.78, 5) is 14.5. The third kappa shape index (κ3) is 2.97. The van der Waals surface area contributed by atoms with Crippen LogP contribution in [0.25, 0.3) is 10.8 Å². The maximum Gasteiger partial charge on any atom is 0.253 e. The molecule has 1 unspecified atom stereocenters. The molecule has 0 radical (unpaired) electrons. The topological polar surface area (TPSA) is 46.3 Å². The lowest BCUT2D eigenvalue weighted by molar-refractivity contribution is 0.0719. The standard InChI is InChI=1S/C17H19BrN2O/c1-20(16(10-19)11-2-3-11)17(21)14-5-4-13-9-15(18)7-6-12(13)8-14/h4-9,11,16H,2-3,10,19H2,1H3. The molecule has 0 aliphatic heterocycles. The lowest BCUT2D eigenvalue weighted by Crippen LogP contribution is -2.43. The van der Waals surface area contributed by atoms with E-state index < -0.39 is 0 Å². The number of benzene rings is 2. The molecular weight excluding hydrogens is 328 g/mol. The van der Waals surface area contributed by atoms with Gasteiger partial charge in [0, 0.05) is 29.7 Å². The van der Waals surface area contributed by atoms with E-state index in [9.17, 15) is 4.79 Å². The molecule has 0 bridgehead atoms. The van der Waals surface area contributed by atoms with E-state index in [1.54, 1.807) is 0 Å². The van der Waals surface area contributed by atoms with Crippen molar-refractivity contribution in [2.24, 2.45) is 11.7 Å². The van der Waals surface area contributed by atoms with Gasteiger partial charge in [-0.05, 0) is 53.8 Å². The predicted octanol–water partition coefficient (Wildman–Crippen LogP) is 3.41. The van der Waals surface area contributed by atoms with Gasteiger partial charge in [-0.25, -0.2) is 0 Å². The Morgan fingerprint density at radius 1 is 1.29 bits per heavy atom. The fourth-order valence-corrected chi connectivity index (χ4v) is 3.23. The van der Waals surface area contributed by atoms with Crippen molar-refractivity contribution in [3.05, 3.63) is 46.4 Å². The first-order chi connectivity index (χ1) is 10.1. The fourth-order valence-electron chi connectivity index (χ4n) is 2.85. The number of hydrogen-bond acceptors (Lipinski definition) is 2. The van der Waals surface area contributed by atoms with Crippen molar-refractivity contribution in [2.75, 3.05) is 13.6 Å². The molecule has 2 aromatic rings. The zero-order valence-corrected chi connectivity index (χ0v) is 13.6. The van der Waals surface area contributed by atoms with Crippen molar-refractivity contribution in [3.63, 3.8) is 0 Å². The minimum Gasteiger partial charge on any atom is -0.337 e. The summed E-state index contributed by atoms with van der Waals surface area (Å²) in [5.74, 6) is 0.641. The summed E-state index contributed by atoms with van der Waals surface area (Å²) in [5.41, 5.74) is 6.57. The third-order valence-electron chi connectivity index (χ3n) is 4.27. The van der Waals surface area contributed by atoms with Crippen LogP contribution >= 0.6 is 15.9 Å². The van der Waals surface area contributed by atoms with Crippen LogP contribution in [0, 0.1) is 5.92 Å². The van der Waals surface area contributed by atoms with Gasteiger partial charge in [0.25, 0.3) is 5.91 Å². The summed E-state index contributed by atoms with van der Waals surface area (Å²) in [7, 11) is 1.87. The molecule has 0 spiro atoms. The number of amides is 1. The number of hydrogen-bond donors (Lipinski definition) is 1. The van der Waals surface area contributed by atoms with Crippen LogP contribution in [0.3, 0.4) is 0 Å². The molecule has 1 atom stereocenters. The number of carbonyl (C=O) groups is 1. The average molecular weight is 347 g/mol. The monoisotopic (exact) mass is 346 g/mol. The van der Waals surface area contributed by atoms with Crippen LogP contribution in [0.1, 0.15) is 23.2 Å². The lowest BCUT2D eigenvalue weighted by atomic mass is 10.0. The summed E-state index contributed by atoms with van der Waals surface area (Å²) in [6, 6.07) is 12.1. The smallest absolute Gasteiger partial charge is 0.253 e. The van der Waals surface area contributed by atoms with E-state index in [0.717, 1.165) is 20.8 Å². The van der Waals surface area contributed by atoms with Gasteiger partial charge in [0.05, 0.1) is 0 Å². The van der Waals surface area contributed by atoms with Crippen LogP contribution in [-0.2, 0) is 0 Å². The van der Waals surface area contributed by atoms with Gasteiger partial charge in [-0.2, -0.15) is 0 Å². The normalized spacial score (nSPS) is 16.0. The summed E-state index contributed by atoms with van der Waals surface area (Å²) >= 11 is 3.47. The first-order valence-corrected chi connectivity index (χ1v) is 8.06. The molecule has 1 fully saturated rings. The van der Waals surface area contributed by atoms with Gasteiger partial charge in [-0.15, -0.1) is 0 Å². The Morgan fingerprint density at radius 3 is 2.62 bits per heavy atom. The van der Waals surface area contributed by atoms with Crippen molar-refractivity contribution in [3.8, 4) is 0 Å². The molecule has 2 aromatic carbocycles. The lowest BCUT2D eigenvalue weighted by Gasteiger charge is -2.27. The first-order valence-electron chi connectivity index (χ1n) is 7.26. The molecule has 1 saturated carbocycles. The van der Waals surface area contributed by atoms with Gasteiger partial charge < -0.3 is 10.6 Å². The van der Waals surface area contributed by atoms with E-state index in [-0.39, 0.29) is 11.9 Å². The average Bonchev–Trinajstić information content (AvgIpc) is 3.31. The molecule has 3 nitrogen and oxygen atoms in total. The second kappa shape index (κ2) is 5.78. The molecule has 1 aliphatic rings. The summed E-state index contributed by atoms with van der Waals surface area (Å²) < 4.78 is 1.04. The second-order valence-electron chi connectivity index (χ2n) is 5.76. The number of nitrogens with zero attached hydrogens (tertiary/aromatic N) is 1. The minimum atomic E-state index is 0.0576. The van der Waals surface area contributed by atoms with E-state index in [4.69, 9.17) is 5.73 Å². The summed E-state index contributed by atoms with van der Waals surface area (Å²) in [6.45, 7) is 0.535. The van der Waals surface area contributed by atoms with Crippen LogP contribution in [0.5, 0.6) is 0 Å². The molecule has 21 heavy (non-hydrogen) atoms. The molecule has 0 saturated heterocycles. The van der Waals surface area contributed by atoms with Crippen molar-refractivity contribution in [1.29, 1.82) is 0 Å². The Hall–Kier alpha value is -1.39. The fraction of sp³-hybridized carbons (Fsp3) is 0.353. The summed E-state index contributed by atoms with van der Waals surface area (Å²) in [5, 5.41) is 2.20. The number of carbonyl (C=O) groups excluding carboxylic acids is 1. The van der Waals surface area contributed by atoms with Gasteiger partial charge in [0.15, 0.2) is 0 Å². The Kier molecular flexibility index (Phi) is 4.00. The van der Waals surface area contributed by atoms with E-state index in [1.165, 1.54) is 12.8 Å². The molecule has 2 N–H and O–H groups in total. The Balaban J connectivity index is 1.88. The summed E-state index contributed by atoms with van der Waals surface area (Å²) in [6.07, 6.45) is 2.37. The SMILES string of the molecule is CN(C(=O)c1ccc2cc(Br)ccc2c1)C(CN)C1CC1. The van der Waals surface area contributed by atoms with Crippen LogP contribution in [0.2, 0.25) is 0 Å². The van der Waals surface area contributed by atoms with E-state index in [2.05, 4.69) is 22.0 Å². The maximum absolute atomic E-state index is 12.6. The maximum atomic E-state index is 12.6. The second-order valence-corrected chi connectivity index (χ2v) is 6.68. The van der Waals surface area contributed by atoms with Crippen LogP contribution in [0.4, 0.5) is 0 Å². The number of rotatable bonds is 4. The minimum absolute atomic E-state index is 0.0576. The van der Waals surface area contributed by atoms with Crippen molar-refractivity contribution >= 4 is 32.6 Å². The molecule has 0 heterocycles. The number of halogens is 1. The zero-order valence-electron chi connectivity index (χ0n) is 12.1. The molecule has 3 rings (SSSR count). The van der Waals surface area contributed by atoms with Crippen molar-refractivity contribution < 1.29 is 4.79 Å². The highest BCUT2D eigenvalue weighted by atomic mass is 79.9. The van der Waals surface area contributed by atoms with Crippen LogP contribution < -0.4 is 5.73 Å². The highest BCUT2D eigenvalue weighted by molar-refractivity contribution is 9.10. The van der Waals surface area contributed by atoms with E-state index in [0.29, 0.717) is 12.5 Å². The highest BCUT2D eigenvalue weighted by Gasteiger charge is 2.35. The number of nitrogens with two attached hydrogens (primary N) is 1. The molecule has 1 amide bonds. The van der Waals surface area contributed by atoms with Crippen molar-refractivity contribution in [2.45, 2.75) is 18.9 Å². The van der Waals surface area contributed by atoms with Gasteiger partial charge in [0.2, 0.25) is 0 Å². The zero-order chi connectivity index (χ0) is 15.0. The van der Waals surface area contributed by atoms with Gasteiger partial charge >= 0.3 is 0 Å². The van der Waals surface area contributed by atoms with Gasteiger partial charge in [0.1, 0.15) is 0 Å². The highest BCUT2D eigenvalue weighted by Crippen LogP contribution is 2.35. The van der Waals surface area contributed by atoms with E-state index >= 15 is 0 Å². The largest absolute Gasteiger partial charge is 0.337 e. The molecule has 110 valence electrons. The van der Waals surface area contributed by atoms with Crippen molar-refractivity contribution in [1.82, 2.24) is 4.90 Å². The quantitative estimate of drug-likeness (QED) is 0.921. The number of likely N-dealkylation sites (N-methyl/N-ethyl adjacent to an activating group) is 1. The van der Waals surface area contributed by atoms with Gasteiger partial charge in [-0.1, -0.05) is 28.1 Å². The van der Waals surface area contributed by atoms with E-state index in [1.807, 2.05) is 42.3 Å². The molecule has 4 heteroatoms. The number of fused-ring (bicyclic) bond motifs is 1. The molecular formula is C17H19BrN2O. The Morgan fingerprint density at radius 2 is 1.95 bits per heavy atom. The Bertz CT molecular complexity index is 682. The third-order valence-corrected chi connectivity index (χ3v) is 4.77. The molecule has 1 aliphatic carbocycles. The predicted molar refractivity (Wildman–Crippen MR) is 89.3 cm³/mol. The van der Waals surface area contributed by atoms with Crippen LogP contribution in [-0.4, -0.2) is 30.4 Å².